The second kappa shape index (κ2) is 5.63. The van der Waals surface area contributed by atoms with Gasteiger partial charge in [0.25, 0.3) is 5.91 Å². The first-order valence-electron chi connectivity index (χ1n) is 5.01. The highest BCUT2D eigenvalue weighted by Crippen LogP contribution is 2.17. The number of hydrogen-bond acceptors (Lipinski definition) is 3. The number of pyridine rings is 1. The van der Waals surface area contributed by atoms with E-state index in [2.05, 4.69) is 4.98 Å². The molecule has 0 fully saturated rings. The Balaban J connectivity index is 2.78. The molecule has 1 rings (SSSR count). The molecule has 0 spiro atoms. The minimum Gasteiger partial charge on any atom is -0.481 e. The molecule has 0 bridgehead atoms. The number of carboxylic acid groups (broad SMARTS) is 1. The summed E-state index contributed by atoms with van der Waals surface area (Å²) in [6, 6.07) is 1.60. The van der Waals surface area contributed by atoms with E-state index in [1.54, 1.807) is 13.0 Å². The van der Waals surface area contributed by atoms with Gasteiger partial charge >= 0.3 is 5.97 Å². The number of carbonyl (C=O) groups excluding carboxylic acids is 1. The summed E-state index contributed by atoms with van der Waals surface area (Å²) < 4.78 is 0. The first-order valence-corrected chi connectivity index (χ1v) is 5.39. The fourth-order valence-corrected chi connectivity index (χ4v) is 1.54. The third-order valence-electron chi connectivity index (χ3n) is 2.23. The van der Waals surface area contributed by atoms with Gasteiger partial charge in [0, 0.05) is 25.5 Å². The first kappa shape index (κ1) is 13.4. The minimum absolute atomic E-state index is 0.0981. The smallest absolute Gasteiger partial charge is 0.305 e. The van der Waals surface area contributed by atoms with Crippen molar-refractivity contribution >= 4 is 23.5 Å². The van der Waals surface area contributed by atoms with Gasteiger partial charge in [-0.15, -0.1) is 0 Å². The normalized spacial score (nSPS) is 10.1. The van der Waals surface area contributed by atoms with Crippen molar-refractivity contribution in [3.05, 3.63) is 28.5 Å². The second-order valence-corrected chi connectivity index (χ2v) is 4.08. The molecule has 0 aromatic carbocycles. The van der Waals surface area contributed by atoms with Crippen LogP contribution >= 0.6 is 11.6 Å². The van der Waals surface area contributed by atoms with Gasteiger partial charge in [-0.3, -0.25) is 14.6 Å². The lowest BCUT2D eigenvalue weighted by molar-refractivity contribution is -0.137. The topological polar surface area (TPSA) is 70.5 Å². The van der Waals surface area contributed by atoms with Crippen LogP contribution in [0.15, 0.2) is 12.3 Å². The van der Waals surface area contributed by atoms with Crippen molar-refractivity contribution in [2.24, 2.45) is 0 Å². The molecule has 1 N–H and O–H groups in total. The van der Waals surface area contributed by atoms with Gasteiger partial charge in [0.05, 0.1) is 17.0 Å². The third-order valence-corrected chi connectivity index (χ3v) is 2.54. The molecule has 0 atom stereocenters. The van der Waals surface area contributed by atoms with E-state index in [-0.39, 0.29) is 24.4 Å². The maximum atomic E-state index is 11.9. The lowest BCUT2D eigenvalue weighted by atomic mass is 10.2. The number of nitrogens with zero attached hydrogens (tertiary/aromatic N) is 2. The highest BCUT2D eigenvalue weighted by molar-refractivity contribution is 6.33. The lowest BCUT2D eigenvalue weighted by Crippen LogP contribution is -2.29. The molecule has 5 nitrogen and oxygen atoms in total. The zero-order chi connectivity index (χ0) is 13.0. The van der Waals surface area contributed by atoms with Crippen LogP contribution in [0.25, 0.3) is 0 Å². The molecule has 0 radical (unpaired) electrons. The summed E-state index contributed by atoms with van der Waals surface area (Å²) in [7, 11) is 1.53. The Labute approximate surface area is 104 Å². The fraction of sp³-hybridized carbons (Fsp3) is 0.364. The van der Waals surface area contributed by atoms with Crippen LogP contribution in [0.2, 0.25) is 5.02 Å². The maximum Gasteiger partial charge on any atom is 0.305 e. The SMILES string of the molecule is Cc1cc(Cl)c(C(=O)N(C)CCC(=O)O)cn1. The highest BCUT2D eigenvalue weighted by Gasteiger charge is 2.16. The number of aliphatic carboxylic acids is 1. The summed E-state index contributed by atoms with van der Waals surface area (Å²) in [5.41, 5.74) is 1.00. The number of amides is 1. The van der Waals surface area contributed by atoms with E-state index in [0.717, 1.165) is 5.69 Å². The summed E-state index contributed by atoms with van der Waals surface area (Å²) in [5, 5.41) is 8.85. The van der Waals surface area contributed by atoms with E-state index >= 15 is 0 Å². The molecule has 0 saturated carbocycles. The molecule has 92 valence electrons. The molecule has 1 aromatic rings. The molecule has 0 aliphatic rings. The number of carbonyl (C=O) groups is 2. The number of aryl methyl sites for hydroxylation is 1. The Morgan fingerprint density at radius 1 is 1.53 bits per heavy atom. The van der Waals surface area contributed by atoms with Gasteiger partial charge in [0.15, 0.2) is 0 Å². The molecule has 1 amide bonds. The van der Waals surface area contributed by atoms with Gasteiger partial charge in [-0.2, -0.15) is 0 Å². The quantitative estimate of drug-likeness (QED) is 0.888. The summed E-state index contributed by atoms with van der Waals surface area (Å²) in [5.74, 6) is -1.28. The van der Waals surface area contributed by atoms with Gasteiger partial charge in [0.2, 0.25) is 0 Å². The maximum absolute atomic E-state index is 11.9. The molecule has 1 aromatic heterocycles. The van der Waals surface area contributed by atoms with E-state index in [1.807, 2.05) is 0 Å². The lowest BCUT2D eigenvalue weighted by Gasteiger charge is -2.16. The van der Waals surface area contributed by atoms with Crippen LogP contribution in [-0.4, -0.2) is 40.5 Å². The van der Waals surface area contributed by atoms with Crippen molar-refractivity contribution in [1.29, 1.82) is 0 Å². The summed E-state index contributed by atoms with van der Waals surface area (Å²) in [6.45, 7) is 1.91. The van der Waals surface area contributed by atoms with Crippen molar-refractivity contribution in [3.8, 4) is 0 Å². The average molecular weight is 257 g/mol. The van der Waals surface area contributed by atoms with Gasteiger partial charge < -0.3 is 10.0 Å². The molecular weight excluding hydrogens is 244 g/mol. The van der Waals surface area contributed by atoms with Crippen molar-refractivity contribution in [2.45, 2.75) is 13.3 Å². The van der Waals surface area contributed by atoms with Crippen LogP contribution < -0.4 is 0 Å². The largest absolute Gasteiger partial charge is 0.481 e. The zero-order valence-corrected chi connectivity index (χ0v) is 10.4. The fourth-order valence-electron chi connectivity index (χ4n) is 1.25. The number of rotatable bonds is 4. The molecular formula is C11H13ClN2O3. The monoisotopic (exact) mass is 256 g/mol. The van der Waals surface area contributed by atoms with E-state index < -0.39 is 5.97 Å². The van der Waals surface area contributed by atoms with Crippen LogP contribution in [0, 0.1) is 6.92 Å². The number of carboxylic acids is 1. The number of aromatic nitrogens is 1. The third kappa shape index (κ3) is 3.71. The van der Waals surface area contributed by atoms with E-state index in [9.17, 15) is 9.59 Å². The molecule has 0 aliphatic carbocycles. The Morgan fingerprint density at radius 2 is 2.18 bits per heavy atom. The Bertz CT molecular complexity index is 448. The van der Waals surface area contributed by atoms with Crippen molar-refractivity contribution < 1.29 is 14.7 Å². The molecule has 0 saturated heterocycles. The van der Waals surface area contributed by atoms with Gasteiger partial charge in [-0.25, -0.2) is 0 Å². The number of halogens is 1. The standard InChI is InChI=1S/C11H13ClN2O3/c1-7-5-9(12)8(6-13-7)11(17)14(2)4-3-10(15)16/h5-6H,3-4H2,1-2H3,(H,15,16). The molecule has 0 aliphatic heterocycles. The van der Waals surface area contributed by atoms with Crippen molar-refractivity contribution in [1.82, 2.24) is 9.88 Å². The summed E-state index contributed by atoms with van der Waals surface area (Å²) >= 11 is 5.93. The van der Waals surface area contributed by atoms with Crippen molar-refractivity contribution in [2.75, 3.05) is 13.6 Å². The predicted octanol–water partition coefficient (Wildman–Crippen LogP) is 1.59. The van der Waals surface area contributed by atoms with Crippen LogP contribution in [0.5, 0.6) is 0 Å². The summed E-state index contributed by atoms with van der Waals surface area (Å²) in [6.07, 6.45) is 1.30. The van der Waals surface area contributed by atoms with Crippen LogP contribution in [0.1, 0.15) is 22.5 Å². The Kier molecular flexibility index (Phi) is 4.45. The zero-order valence-electron chi connectivity index (χ0n) is 9.61. The minimum atomic E-state index is -0.947. The molecule has 6 heteroatoms. The van der Waals surface area contributed by atoms with Crippen LogP contribution in [0.3, 0.4) is 0 Å². The first-order chi connectivity index (χ1) is 7.91. The van der Waals surface area contributed by atoms with Crippen molar-refractivity contribution in [3.63, 3.8) is 0 Å². The molecule has 17 heavy (non-hydrogen) atoms. The molecule has 1 heterocycles. The highest BCUT2D eigenvalue weighted by atomic mass is 35.5. The van der Waals surface area contributed by atoms with Crippen LogP contribution in [-0.2, 0) is 4.79 Å². The van der Waals surface area contributed by atoms with E-state index in [4.69, 9.17) is 16.7 Å². The predicted molar refractivity (Wildman–Crippen MR) is 63.2 cm³/mol. The number of hydrogen-bond donors (Lipinski definition) is 1. The second-order valence-electron chi connectivity index (χ2n) is 3.68. The summed E-state index contributed by atoms with van der Waals surface area (Å²) in [4.78, 5) is 27.6. The van der Waals surface area contributed by atoms with Crippen LogP contribution in [0.4, 0.5) is 0 Å². The van der Waals surface area contributed by atoms with Gasteiger partial charge in [-0.05, 0) is 13.0 Å². The average Bonchev–Trinajstić information content (AvgIpc) is 2.25. The van der Waals surface area contributed by atoms with E-state index in [1.165, 1.54) is 18.1 Å². The van der Waals surface area contributed by atoms with E-state index in [0.29, 0.717) is 5.02 Å². The van der Waals surface area contributed by atoms with Gasteiger partial charge in [-0.1, -0.05) is 11.6 Å². The van der Waals surface area contributed by atoms with Gasteiger partial charge in [0.1, 0.15) is 0 Å². The molecule has 0 unspecified atom stereocenters. The Hall–Kier alpha value is -1.62. The Morgan fingerprint density at radius 3 is 2.71 bits per heavy atom.